The van der Waals surface area contributed by atoms with E-state index in [0.717, 1.165) is 0 Å². The smallest absolute Gasteiger partial charge is 0.206 e. The molecule has 0 atom stereocenters. The Labute approximate surface area is 192 Å². The van der Waals surface area contributed by atoms with Crippen molar-refractivity contribution in [3.8, 4) is 0 Å². The molecule has 0 N–H and O–H groups in total. The lowest BCUT2D eigenvalue weighted by Crippen LogP contribution is -2.37. The molecule has 0 aromatic heterocycles. The minimum Gasteiger partial charge on any atom is -0.206 e. The number of benzene rings is 4. The van der Waals surface area contributed by atoms with Crippen molar-refractivity contribution in [2.24, 2.45) is 0 Å². The fraction of sp³-hybridized carbons (Fsp3) is 0. The van der Waals surface area contributed by atoms with E-state index < -0.39 is 131 Å². The quantitative estimate of drug-likeness (QED) is 0.137. The Morgan fingerprint density at radius 3 is 0.686 bits per heavy atom. The molecule has 0 radical (unpaired) electrons. The zero-order valence-corrected chi connectivity index (χ0v) is 17.4. The van der Waals surface area contributed by atoms with Gasteiger partial charge in [-0.25, -0.2) is 61.5 Å². The Morgan fingerprint density at radius 2 is 0.429 bits per heavy atom. The monoisotopic (exact) mass is 530 g/mol. The lowest BCUT2D eigenvalue weighted by Gasteiger charge is -2.16. The molecule has 0 amide bonds. The van der Waals surface area contributed by atoms with E-state index in [9.17, 15) is 61.5 Å². The van der Waals surface area contributed by atoms with Crippen molar-refractivity contribution in [3.05, 3.63) is 81.4 Å². The highest BCUT2D eigenvalue weighted by molar-refractivity contribution is 6.72. The number of hydrogen-bond acceptors (Lipinski definition) is 0. The van der Waals surface area contributed by atoms with Gasteiger partial charge in [-0.1, -0.05) is 0 Å². The molecule has 0 saturated carbocycles. The molecule has 180 valence electrons. The van der Waals surface area contributed by atoms with Crippen molar-refractivity contribution in [1.82, 2.24) is 0 Å². The second-order valence-corrected chi connectivity index (χ2v) is 8.80. The standard InChI is InChI=1S/2C10F7.Mg/c2*11-3-1-2-4(7(14)6(3)13)8(15)10(17)9(16)5(2)12;. The van der Waals surface area contributed by atoms with Crippen molar-refractivity contribution < 1.29 is 61.5 Å². The molecule has 0 heterocycles. The van der Waals surface area contributed by atoms with Gasteiger partial charge >= 0.3 is 20.4 Å². The lowest BCUT2D eigenvalue weighted by atomic mass is 10.1. The summed E-state index contributed by atoms with van der Waals surface area (Å²) in [4.78, 5) is 0. The molecule has 4 rings (SSSR count). The van der Waals surface area contributed by atoms with Gasteiger partial charge in [0.25, 0.3) is 0 Å². The maximum absolute atomic E-state index is 14.6. The molecule has 0 saturated heterocycles. The van der Waals surface area contributed by atoms with Gasteiger partial charge in [0.2, 0.25) is 0 Å². The number of hydrogen-bond donors (Lipinski definition) is 0. The van der Waals surface area contributed by atoms with E-state index in [-0.39, 0.29) is 0 Å². The van der Waals surface area contributed by atoms with E-state index in [4.69, 9.17) is 0 Å². The van der Waals surface area contributed by atoms with Gasteiger partial charge < -0.3 is 0 Å². The summed E-state index contributed by atoms with van der Waals surface area (Å²) in [6.07, 6.45) is 0. The van der Waals surface area contributed by atoms with Crippen molar-refractivity contribution in [2.45, 2.75) is 0 Å². The average Bonchev–Trinajstić information content (AvgIpc) is 2.83. The molecule has 0 spiro atoms. The van der Waals surface area contributed by atoms with Crippen LogP contribution in [0.2, 0.25) is 0 Å². The van der Waals surface area contributed by atoms with Crippen LogP contribution in [0.25, 0.3) is 21.5 Å². The zero-order chi connectivity index (χ0) is 26.3. The fourth-order valence-corrected chi connectivity index (χ4v) is 5.64. The number of halogens is 14. The van der Waals surface area contributed by atoms with Crippen molar-refractivity contribution >= 4 is 49.3 Å². The molecular weight excluding hydrogens is 530 g/mol. The number of rotatable bonds is 2. The fourth-order valence-electron chi connectivity index (χ4n) is 3.65. The van der Waals surface area contributed by atoms with E-state index >= 15 is 0 Å². The van der Waals surface area contributed by atoms with Crippen LogP contribution < -0.4 is 7.39 Å². The molecule has 0 fully saturated rings. The third-order valence-electron chi connectivity index (χ3n) is 5.23. The molecule has 0 unspecified atom stereocenters. The third-order valence-corrected chi connectivity index (χ3v) is 7.27. The van der Waals surface area contributed by atoms with Crippen LogP contribution in [-0.4, -0.2) is 20.4 Å². The summed E-state index contributed by atoms with van der Waals surface area (Å²) in [5.41, 5.74) is 0. The van der Waals surface area contributed by atoms with Crippen LogP contribution in [0, 0.1) is 81.4 Å². The maximum atomic E-state index is 14.6. The van der Waals surface area contributed by atoms with Crippen LogP contribution in [0.4, 0.5) is 61.5 Å². The summed E-state index contributed by atoms with van der Waals surface area (Å²) in [5, 5.41) is -7.74. The van der Waals surface area contributed by atoms with E-state index in [1.807, 2.05) is 0 Å². The van der Waals surface area contributed by atoms with Crippen LogP contribution in [0.5, 0.6) is 0 Å². The maximum Gasteiger partial charge on any atom is 0.462 e. The Hall–Kier alpha value is -2.81. The van der Waals surface area contributed by atoms with E-state index in [0.29, 0.717) is 0 Å². The molecule has 0 aliphatic rings. The second kappa shape index (κ2) is 8.39. The lowest BCUT2D eigenvalue weighted by molar-refractivity contribution is 0.411. The van der Waals surface area contributed by atoms with Gasteiger partial charge in [0.05, 0.1) is 10.8 Å². The first kappa shape index (κ1) is 25.3. The Balaban J connectivity index is 2.23. The topological polar surface area (TPSA) is 0 Å². The Kier molecular flexibility index (Phi) is 6.06. The minimum atomic E-state index is -3.70. The van der Waals surface area contributed by atoms with Crippen LogP contribution in [0.15, 0.2) is 0 Å². The highest BCUT2D eigenvalue weighted by atomic mass is 24.5. The van der Waals surface area contributed by atoms with Gasteiger partial charge in [-0.2, -0.15) is 0 Å². The predicted octanol–water partition coefficient (Wildman–Crippen LogP) is 5.60. The van der Waals surface area contributed by atoms with E-state index in [2.05, 4.69) is 0 Å². The molecular formula is C20F14Mg. The van der Waals surface area contributed by atoms with Crippen LogP contribution in [0.3, 0.4) is 0 Å². The number of fused-ring (bicyclic) bond motifs is 2. The average molecular weight is 530 g/mol. The first-order valence-electron chi connectivity index (χ1n) is 8.85. The second-order valence-electron chi connectivity index (χ2n) is 7.03. The summed E-state index contributed by atoms with van der Waals surface area (Å²) in [7, 11) is 0. The van der Waals surface area contributed by atoms with Crippen LogP contribution >= 0.6 is 0 Å². The predicted molar refractivity (Wildman–Crippen MR) is 92.3 cm³/mol. The third kappa shape index (κ3) is 3.34. The molecule has 0 bridgehead atoms. The van der Waals surface area contributed by atoms with Gasteiger partial charge in [0.15, 0.2) is 69.8 Å². The van der Waals surface area contributed by atoms with E-state index in [1.54, 1.807) is 0 Å². The summed E-state index contributed by atoms with van der Waals surface area (Å²) in [5.74, 6) is -36.2. The van der Waals surface area contributed by atoms with Gasteiger partial charge in [0, 0.05) is 10.8 Å². The largest absolute Gasteiger partial charge is 0.462 e. The zero-order valence-electron chi connectivity index (χ0n) is 16.0. The molecule has 35 heavy (non-hydrogen) atoms. The molecule has 0 aliphatic carbocycles. The molecule has 0 aliphatic heterocycles. The van der Waals surface area contributed by atoms with Crippen molar-refractivity contribution in [1.29, 1.82) is 0 Å². The van der Waals surface area contributed by atoms with Gasteiger partial charge in [-0.3, -0.25) is 0 Å². The van der Waals surface area contributed by atoms with Crippen LogP contribution in [0.1, 0.15) is 0 Å². The minimum absolute atomic E-state index is 1.68. The first-order chi connectivity index (χ1) is 16.2. The highest BCUT2D eigenvalue weighted by Gasteiger charge is 2.34. The van der Waals surface area contributed by atoms with Gasteiger partial charge in [0.1, 0.15) is 11.6 Å². The summed E-state index contributed by atoms with van der Waals surface area (Å²) in [6.45, 7) is 0. The Morgan fingerprint density at radius 1 is 0.229 bits per heavy atom. The van der Waals surface area contributed by atoms with Gasteiger partial charge in [-0.05, 0) is 0 Å². The van der Waals surface area contributed by atoms with Crippen LogP contribution in [-0.2, 0) is 0 Å². The SMILES string of the molecule is Fc1c(F)c(F)c2[c]([Mg][c]3c(F)c(F)c(F)c4c(F)c(F)c(F)c(F)c34)c(F)c(F)c(F)c2c1F. The van der Waals surface area contributed by atoms with Crippen molar-refractivity contribution in [3.63, 3.8) is 0 Å². The Bertz CT molecular complexity index is 1480. The van der Waals surface area contributed by atoms with Gasteiger partial charge in [-0.15, -0.1) is 7.39 Å². The summed E-state index contributed by atoms with van der Waals surface area (Å²) in [6, 6.07) is 0. The molecule has 15 heteroatoms. The molecule has 0 nitrogen and oxygen atoms in total. The summed E-state index contributed by atoms with van der Waals surface area (Å²) < 4.78 is 194. The first-order valence-corrected chi connectivity index (χ1v) is 10.3. The summed E-state index contributed by atoms with van der Waals surface area (Å²) >= 11 is -3.70. The van der Waals surface area contributed by atoms with E-state index in [1.165, 1.54) is 0 Å². The highest BCUT2D eigenvalue weighted by Crippen LogP contribution is 2.32. The van der Waals surface area contributed by atoms with Crippen molar-refractivity contribution in [2.75, 3.05) is 0 Å². The molecule has 4 aromatic rings. The normalized spacial score (nSPS) is 11.6. The molecule has 4 aromatic carbocycles.